The molecule has 0 spiro atoms. The second-order valence-corrected chi connectivity index (χ2v) is 8.20. The average Bonchev–Trinajstić information content (AvgIpc) is 3.29. The largest absolute Gasteiger partial charge is 0.481 e. The molecule has 2 N–H and O–H groups in total. The number of likely N-dealkylation sites (tertiary alicyclic amines) is 1. The van der Waals surface area contributed by atoms with Gasteiger partial charge in [-0.15, -0.1) is 10.2 Å². The molecular formula is C16H22N4O4S. The molecule has 2 atom stereocenters. The molecular weight excluding hydrogens is 344 g/mol. The summed E-state index contributed by atoms with van der Waals surface area (Å²) in [6.45, 7) is 2.25. The Morgan fingerprint density at radius 3 is 2.80 bits per heavy atom. The third-order valence-electron chi connectivity index (χ3n) is 5.81. The molecule has 136 valence electrons. The second kappa shape index (κ2) is 6.53. The summed E-state index contributed by atoms with van der Waals surface area (Å²) in [6.07, 6.45) is 4.32. The van der Waals surface area contributed by atoms with Gasteiger partial charge in [0.1, 0.15) is 5.01 Å². The van der Waals surface area contributed by atoms with Crippen LogP contribution in [0.15, 0.2) is 0 Å². The van der Waals surface area contributed by atoms with Crippen LogP contribution in [0.25, 0.3) is 0 Å². The molecule has 25 heavy (non-hydrogen) atoms. The first-order valence-corrected chi connectivity index (χ1v) is 9.60. The molecule has 2 saturated heterocycles. The number of nitrogens with one attached hydrogen (secondary N) is 1. The maximum Gasteiger partial charge on any atom is 0.323 e. The monoisotopic (exact) mass is 366 g/mol. The number of fused-ring (bicyclic) bond motifs is 1. The van der Waals surface area contributed by atoms with E-state index in [0.717, 1.165) is 43.9 Å². The molecule has 1 aromatic heterocycles. The van der Waals surface area contributed by atoms with Crippen molar-refractivity contribution in [1.29, 1.82) is 0 Å². The van der Waals surface area contributed by atoms with Crippen molar-refractivity contribution in [2.75, 3.05) is 31.6 Å². The second-order valence-electron chi connectivity index (χ2n) is 7.19. The first-order chi connectivity index (χ1) is 12.1. The van der Waals surface area contributed by atoms with Crippen LogP contribution in [0.1, 0.15) is 43.0 Å². The summed E-state index contributed by atoms with van der Waals surface area (Å²) < 4.78 is 5.36. The lowest BCUT2D eigenvalue weighted by Gasteiger charge is -2.23. The minimum absolute atomic E-state index is 0.0583. The summed E-state index contributed by atoms with van der Waals surface area (Å²) in [7, 11) is 0. The normalized spacial score (nSPS) is 29.6. The number of aliphatic carboxylic acids is 1. The number of rotatable bonds is 3. The quantitative estimate of drug-likeness (QED) is 0.849. The zero-order chi connectivity index (χ0) is 17.4. The third-order valence-corrected chi connectivity index (χ3v) is 6.81. The lowest BCUT2D eigenvalue weighted by atomic mass is 9.81. The highest BCUT2D eigenvalue weighted by Gasteiger charge is 2.55. The van der Waals surface area contributed by atoms with E-state index in [1.54, 1.807) is 4.90 Å². The Morgan fingerprint density at radius 1 is 1.28 bits per heavy atom. The first kappa shape index (κ1) is 16.7. The van der Waals surface area contributed by atoms with E-state index in [-0.39, 0.29) is 18.5 Å². The Balaban J connectivity index is 1.40. The van der Waals surface area contributed by atoms with Crippen molar-refractivity contribution in [1.82, 2.24) is 15.1 Å². The van der Waals surface area contributed by atoms with E-state index >= 15 is 0 Å². The SMILES string of the molecule is O=C(Nc1nnc(C2CCOCC2)s1)N1C[C@@H]2CCC[C@@]2(C(=O)O)C1. The number of urea groups is 1. The van der Waals surface area contributed by atoms with E-state index in [4.69, 9.17) is 4.74 Å². The van der Waals surface area contributed by atoms with Crippen LogP contribution >= 0.6 is 11.3 Å². The molecule has 0 unspecified atom stereocenters. The number of amides is 2. The van der Waals surface area contributed by atoms with E-state index in [1.807, 2.05) is 0 Å². The van der Waals surface area contributed by atoms with Gasteiger partial charge in [0.2, 0.25) is 5.13 Å². The summed E-state index contributed by atoms with van der Waals surface area (Å²) in [5, 5.41) is 22.1. The summed E-state index contributed by atoms with van der Waals surface area (Å²) in [5.74, 6) is -0.371. The predicted molar refractivity (Wildman–Crippen MR) is 90.7 cm³/mol. The van der Waals surface area contributed by atoms with Crippen LogP contribution in [0.3, 0.4) is 0 Å². The lowest BCUT2D eigenvalue weighted by molar-refractivity contribution is -0.149. The van der Waals surface area contributed by atoms with Gasteiger partial charge in [-0.25, -0.2) is 4.79 Å². The molecule has 2 amide bonds. The number of carbonyl (C=O) groups is 2. The number of hydrogen-bond acceptors (Lipinski definition) is 6. The van der Waals surface area contributed by atoms with Crippen molar-refractivity contribution in [3.63, 3.8) is 0 Å². The molecule has 0 radical (unpaired) electrons. The molecule has 8 nitrogen and oxygen atoms in total. The highest BCUT2D eigenvalue weighted by Crippen LogP contribution is 2.49. The average molecular weight is 366 g/mol. The Hall–Kier alpha value is -1.74. The van der Waals surface area contributed by atoms with Crippen LogP contribution in [0.4, 0.5) is 9.93 Å². The maximum absolute atomic E-state index is 12.5. The van der Waals surface area contributed by atoms with Crippen LogP contribution in [-0.4, -0.2) is 58.5 Å². The molecule has 1 aromatic rings. The Kier molecular flexibility index (Phi) is 4.36. The number of carbonyl (C=O) groups excluding carboxylic acids is 1. The number of carboxylic acid groups (broad SMARTS) is 1. The van der Waals surface area contributed by atoms with E-state index in [0.29, 0.717) is 24.0 Å². The topological polar surface area (TPSA) is 105 Å². The maximum atomic E-state index is 12.5. The minimum Gasteiger partial charge on any atom is -0.481 e. The lowest BCUT2D eigenvalue weighted by Crippen LogP contribution is -2.38. The van der Waals surface area contributed by atoms with Gasteiger partial charge < -0.3 is 14.7 Å². The van der Waals surface area contributed by atoms with Gasteiger partial charge >= 0.3 is 12.0 Å². The van der Waals surface area contributed by atoms with E-state index in [9.17, 15) is 14.7 Å². The fraction of sp³-hybridized carbons (Fsp3) is 0.750. The van der Waals surface area contributed by atoms with Crippen molar-refractivity contribution in [3.8, 4) is 0 Å². The fourth-order valence-corrected chi connectivity index (χ4v) is 5.26. The minimum atomic E-state index is -0.775. The van der Waals surface area contributed by atoms with Crippen molar-refractivity contribution in [2.24, 2.45) is 11.3 Å². The summed E-state index contributed by atoms with van der Waals surface area (Å²) >= 11 is 1.40. The number of nitrogens with zero attached hydrogens (tertiary/aromatic N) is 3. The van der Waals surface area contributed by atoms with Crippen molar-refractivity contribution in [3.05, 3.63) is 5.01 Å². The molecule has 9 heteroatoms. The van der Waals surface area contributed by atoms with Crippen LogP contribution in [0, 0.1) is 11.3 Å². The van der Waals surface area contributed by atoms with Crippen LogP contribution in [-0.2, 0) is 9.53 Å². The highest BCUT2D eigenvalue weighted by molar-refractivity contribution is 7.15. The van der Waals surface area contributed by atoms with Crippen molar-refractivity contribution >= 4 is 28.5 Å². The zero-order valence-electron chi connectivity index (χ0n) is 13.9. The van der Waals surface area contributed by atoms with Gasteiger partial charge in [-0.3, -0.25) is 10.1 Å². The standard InChI is InChI=1S/C16H22N4O4S/c21-13(22)16-5-1-2-11(16)8-20(9-16)15(23)17-14-19-18-12(25-14)10-3-6-24-7-4-10/h10-11H,1-9H2,(H,21,22)(H,17,19,23)/t11-,16+/m0/s1. The Morgan fingerprint density at radius 2 is 2.08 bits per heavy atom. The van der Waals surface area contributed by atoms with Crippen LogP contribution < -0.4 is 5.32 Å². The van der Waals surface area contributed by atoms with Gasteiger partial charge in [-0.05, 0) is 31.6 Å². The van der Waals surface area contributed by atoms with E-state index < -0.39 is 11.4 Å². The van der Waals surface area contributed by atoms with E-state index in [2.05, 4.69) is 15.5 Å². The Labute approximate surface area is 149 Å². The van der Waals surface area contributed by atoms with Gasteiger partial charge in [-0.2, -0.15) is 0 Å². The van der Waals surface area contributed by atoms with Gasteiger partial charge in [0.25, 0.3) is 0 Å². The third kappa shape index (κ3) is 2.99. The molecule has 1 aliphatic carbocycles. The van der Waals surface area contributed by atoms with E-state index in [1.165, 1.54) is 11.3 Å². The van der Waals surface area contributed by atoms with Crippen LogP contribution in [0.5, 0.6) is 0 Å². The van der Waals surface area contributed by atoms with Gasteiger partial charge in [-0.1, -0.05) is 17.8 Å². The molecule has 3 fully saturated rings. The van der Waals surface area contributed by atoms with Crippen LogP contribution in [0.2, 0.25) is 0 Å². The Bertz CT molecular complexity index is 675. The number of carboxylic acids is 1. The molecule has 1 saturated carbocycles. The molecule has 4 rings (SSSR count). The summed E-state index contributed by atoms with van der Waals surface area (Å²) in [4.78, 5) is 25.9. The molecule has 0 aromatic carbocycles. The summed E-state index contributed by atoms with van der Waals surface area (Å²) in [5.41, 5.74) is -0.758. The molecule has 2 aliphatic heterocycles. The molecule has 3 aliphatic rings. The highest BCUT2D eigenvalue weighted by atomic mass is 32.1. The number of aromatic nitrogens is 2. The number of anilines is 1. The van der Waals surface area contributed by atoms with Gasteiger partial charge in [0.15, 0.2) is 0 Å². The van der Waals surface area contributed by atoms with Crippen molar-refractivity contribution in [2.45, 2.75) is 38.0 Å². The summed E-state index contributed by atoms with van der Waals surface area (Å²) in [6, 6.07) is -0.273. The smallest absolute Gasteiger partial charge is 0.323 e. The first-order valence-electron chi connectivity index (χ1n) is 8.79. The molecule has 3 heterocycles. The van der Waals surface area contributed by atoms with Gasteiger partial charge in [0, 0.05) is 32.2 Å². The zero-order valence-corrected chi connectivity index (χ0v) is 14.8. The number of hydrogen-bond donors (Lipinski definition) is 2. The number of ether oxygens (including phenoxy) is 1. The predicted octanol–water partition coefficient (Wildman–Crippen LogP) is 2.15. The van der Waals surface area contributed by atoms with Crippen molar-refractivity contribution < 1.29 is 19.4 Å². The fourth-order valence-electron chi connectivity index (χ4n) is 4.36. The van der Waals surface area contributed by atoms with Gasteiger partial charge in [0.05, 0.1) is 5.41 Å². The molecule has 0 bridgehead atoms.